The highest BCUT2D eigenvalue weighted by Crippen LogP contribution is 2.24. The van der Waals surface area contributed by atoms with Crippen LogP contribution in [-0.2, 0) is 16.0 Å². The smallest absolute Gasteiger partial charge is 0.262 e. The summed E-state index contributed by atoms with van der Waals surface area (Å²) in [6, 6.07) is 5.84. The second-order valence-electron chi connectivity index (χ2n) is 7.93. The van der Waals surface area contributed by atoms with E-state index in [0.717, 1.165) is 18.4 Å². The van der Waals surface area contributed by atoms with Crippen LogP contribution in [0.1, 0.15) is 47.1 Å². The third-order valence-electron chi connectivity index (χ3n) is 5.60. The van der Waals surface area contributed by atoms with Gasteiger partial charge in [0.2, 0.25) is 11.8 Å². The minimum atomic E-state index is -0.812. The van der Waals surface area contributed by atoms with Gasteiger partial charge < -0.3 is 11.1 Å². The summed E-state index contributed by atoms with van der Waals surface area (Å²) in [4.78, 5) is 58.6. The lowest BCUT2D eigenvalue weighted by Crippen LogP contribution is -2.45. The van der Waals surface area contributed by atoms with Crippen molar-refractivity contribution in [2.45, 2.75) is 38.6 Å². The Morgan fingerprint density at radius 2 is 2.09 bits per heavy atom. The van der Waals surface area contributed by atoms with Crippen LogP contribution in [0.15, 0.2) is 41.5 Å². The Morgan fingerprint density at radius 1 is 1.27 bits per heavy atom. The molecule has 1 aliphatic heterocycles. The number of rotatable bonds is 6. The molecule has 0 radical (unpaired) electrons. The average molecular weight is 448 g/mol. The van der Waals surface area contributed by atoms with Crippen LogP contribution < -0.4 is 21.9 Å². The van der Waals surface area contributed by atoms with Gasteiger partial charge in [-0.1, -0.05) is 6.07 Å². The summed E-state index contributed by atoms with van der Waals surface area (Å²) in [6.07, 6.45) is 5.06. The molecule has 4 N–H and O–H groups in total. The number of para-hydroxylation sites is 1. The molecule has 0 bridgehead atoms. The predicted octanol–water partition coefficient (Wildman–Crippen LogP) is 1.22. The highest BCUT2D eigenvalue weighted by molar-refractivity contribution is 6.08. The van der Waals surface area contributed by atoms with E-state index in [0.29, 0.717) is 29.1 Å². The Morgan fingerprint density at radius 3 is 2.85 bits per heavy atom. The molecule has 0 spiro atoms. The number of anilines is 1. The van der Waals surface area contributed by atoms with E-state index in [-0.39, 0.29) is 30.0 Å². The number of carbonyl (C=O) groups excluding carboxylic acids is 3. The molecule has 1 fully saturated rings. The number of imide groups is 1. The Labute approximate surface area is 189 Å². The standard InChI is InChI=1S/C23H24N6O4/c1-13-26-20-16(23(33)29(13)18-7-8-19(30)28-22(18)32)5-2-6-17(20)27-21(31)15-10-14(4-3-9-24)11-25-12-15/h2,5-6,10-12,18H,3-4,7-9,24H2,1H3,(H,27,31)(H,28,30,32). The van der Waals surface area contributed by atoms with Crippen molar-refractivity contribution in [3.8, 4) is 0 Å². The Bertz CT molecular complexity index is 1320. The Kier molecular flexibility index (Phi) is 6.27. The van der Waals surface area contributed by atoms with Gasteiger partial charge in [-0.15, -0.1) is 0 Å². The molecule has 3 heterocycles. The first kappa shape index (κ1) is 22.3. The van der Waals surface area contributed by atoms with Gasteiger partial charge in [0.05, 0.1) is 16.6 Å². The topological polar surface area (TPSA) is 149 Å². The first-order valence-corrected chi connectivity index (χ1v) is 10.7. The number of pyridine rings is 1. The molecule has 10 nitrogen and oxygen atoms in total. The van der Waals surface area contributed by atoms with Crippen molar-refractivity contribution in [3.63, 3.8) is 0 Å². The molecule has 170 valence electrons. The monoisotopic (exact) mass is 448 g/mol. The third kappa shape index (κ3) is 4.51. The molecule has 33 heavy (non-hydrogen) atoms. The highest BCUT2D eigenvalue weighted by Gasteiger charge is 2.30. The van der Waals surface area contributed by atoms with Gasteiger partial charge in [-0.25, -0.2) is 4.98 Å². The van der Waals surface area contributed by atoms with Crippen molar-refractivity contribution >= 4 is 34.3 Å². The number of fused-ring (bicyclic) bond motifs is 1. The summed E-state index contributed by atoms with van der Waals surface area (Å²) in [7, 11) is 0. The summed E-state index contributed by atoms with van der Waals surface area (Å²) in [5, 5.41) is 5.34. The van der Waals surface area contributed by atoms with Gasteiger partial charge >= 0.3 is 0 Å². The van der Waals surface area contributed by atoms with Crippen molar-refractivity contribution in [2.75, 3.05) is 11.9 Å². The molecule has 1 unspecified atom stereocenters. The normalized spacial score (nSPS) is 16.0. The lowest BCUT2D eigenvalue weighted by molar-refractivity contribution is -0.135. The summed E-state index contributed by atoms with van der Waals surface area (Å²) < 4.78 is 1.31. The van der Waals surface area contributed by atoms with Gasteiger partial charge in [-0.2, -0.15) is 0 Å². The first-order chi connectivity index (χ1) is 15.9. The van der Waals surface area contributed by atoms with Gasteiger partial charge in [-0.3, -0.25) is 34.0 Å². The zero-order chi connectivity index (χ0) is 23.5. The first-order valence-electron chi connectivity index (χ1n) is 10.7. The van der Waals surface area contributed by atoms with E-state index in [1.165, 1.54) is 10.8 Å². The van der Waals surface area contributed by atoms with E-state index in [1.807, 2.05) is 0 Å². The molecule has 1 saturated heterocycles. The molecule has 1 atom stereocenters. The van der Waals surface area contributed by atoms with Crippen molar-refractivity contribution in [3.05, 3.63) is 64.0 Å². The minimum Gasteiger partial charge on any atom is -0.330 e. The number of aromatic nitrogens is 3. The number of nitrogens with two attached hydrogens (primary N) is 1. The molecule has 3 aromatic rings. The molecule has 3 amide bonds. The number of hydrogen-bond donors (Lipinski definition) is 3. The second-order valence-corrected chi connectivity index (χ2v) is 7.93. The minimum absolute atomic E-state index is 0.148. The molecule has 4 rings (SSSR count). The number of benzene rings is 1. The van der Waals surface area contributed by atoms with Gasteiger partial charge in [0, 0.05) is 18.8 Å². The summed E-state index contributed by atoms with van der Waals surface area (Å²) in [5.41, 5.74) is 7.14. The van der Waals surface area contributed by atoms with Crippen LogP contribution in [0.2, 0.25) is 0 Å². The van der Waals surface area contributed by atoms with E-state index >= 15 is 0 Å². The zero-order valence-electron chi connectivity index (χ0n) is 18.1. The van der Waals surface area contributed by atoms with Gasteiger partial charge in [0.25, 0.3) is 11.5 Å². The van der Waals surface area contributed by atoms with Crippen LogP contribution in [0.25, 0.3) is 10.9 Å². The summed E-state index contributed by atoms with van der Waals surface area (Å²) >= 11 is 0. The maximum atomic E-state index is 13.3. The number of aryl methyl sites for hydroxylation is 2. The van der Waals surface area contributed by atoms with Crippen molar-refractivity contribution < 1.29 is 14.4 Å². The fraction of sp³-hybridized carbons (Fsp3) is 0.304. The Hall–Kier alpha value is -3.92. The van der Waals surface area contributed by atoms with E-state index in [1.54, 1.807) is 37.4 Å². The maximum absolute atomic E-state index is 13.3. The SMILES string of the molecule is Cc1nc2c(NC(=O)c3cncc(CCCN)c3)cccc2c(=O)n1C1CCC(=O)NC1=O. The fourth-order valence-corrected chi connectivity index (χ4v) is 3.97. The molecule has 1 aliphatic rings. The lowest BCUT2D eigenvalue weighted by Gasteiger charge is -2.24. The molecule has 0 aliphatic carbocycles. The number of nitrogens with one attached hydrogen (secondary N) is 2. The quantitative estimate of drug-likeness (QED) is 0.480. The van der Waals surface area contributed by atoms with E-state index in [9.17, 15) is 19.2 Å². The third-order valence-corrected chi connectivity index (χ3v) is 5.60. The number of carbonyl (C=O) groups is 3. The molecular weight excluding hydrogens is 424 g/mol. The molecular formula is C23H24N6O4. The van der Waals surface area contributed by atoms with Crippen LogP contribution in [0, 0.1) is 6.92 Å². The van der Waals surface area contributed by atoms with Crippen LogP contribution in [0.3, 0.4) is 0 Å². The van der Waals surface area contributed by atoms with E-state index in [2.05, 4.69) is 20.6 Å². The van der Waals surface area contributed by atoms with Crippen LogP contribution in [0.5, 0.6) is 0 Å². The van der Waals surface area contributed by atoms with Gasteiger partial charge in [0.1, 0.15) is 17.4 Å². The molecule has 10 heteroatoms. The van der Waals surface area contributed by atoms with Gasteiger partial charge in [-0.05, 0) is 56.5 Å². The average Bonchev–Trinajstić information content (AvgIpc) is 2.79. The molecule has 1 aromatic carbocycles. The molecule has 2 aromatic heterocycles. The van der Waals surface area contributed by atoms with Crippen LogP contribution in [0.4, 0.5) is 5.69 Å². The zero-order valence-corrected chi connectivity index (χ0v) is 18.1. The Balaban J connectivity index is 1.68. The van der Waals surface area contributed by atoms with Crippen LogP contribution >= 0.6 is 0 Å². The van der Waals surface area contributed by atoms with Crippen molar-refractivity contribution in [2.24, 2.45) is 5.73 Å². The number of nitrogens with zero attached hydrogens (tertiary/aromatic N) is 3. The number of piperidine rings is 1. The summed E-state index contributed by atoms with van der Waals surface area (Å²) in [6.45, 7) is 2.17. The fourth-order valence-electron chi connectivity index (χ4n) is 3.97. The summed E-state index contributed by atoms with van der Waals surface area (Å²) in [5.74, 6) is -0.945. The highest BCUT2D eigenvalue weighted by atomic mass is 16.2. The van der Waals surface area contributed by atoms with Gasteiger partial charge in [0.15, 0.2) is 0 Å². The van der Waals surface area contributed by atoms with E-state index in [4.69, 9.17) is 5.73 Å². The molecule has 0 saturated carbocycles. The second kappa shape index (κ2) is 9.29. The predicted molar refractivity (Wildman–Crippen MR) is 122 cm³/mol. The number of amides is 3. The van der Waals surface area contributed by atoms with Crippen LogP contribution in [-0.4, -0.2) is 38.8 Å². The largest absolute Gasteiger partial charge is 0.330 e. The van der Waals surface area contributed by atoms with E-state index < -0.39 is 17.5 Å². The van der Waals surface area contributed by atoms with Crippen molar-refractivity contribution in [1.29, 1.82) is 0 Å². The maximum Gasteiger partial charge on any atom is 0.262 e. The lowest BCUT2D eigenvalue weighted by atomic mass is 10.1. The van der Waals surface area contributed by atoms with Crippen molar-refractivity contribution in [1.82, 2.24) is 19.9 Å². The number of hydrogen-bond acceptors (Lipinski definition) is 7.